The molecule has 0 bridgehead atoms. The van der Waals surface area contributed by atoms with Gasteiger partial charge in [-0.3, -0.25) is 0 Å². The Kier molecular flexibility index (Phi) is 10.2. The van der Waals surface area contributed by atoms with E-state index in [2.05, 4.69) is 10.6 Å². The number of carbonyl (C=O) groups excluding carboxylic acids is 2. The van der Waals surface area contributed by atoms with Crippen molar-refractivity contribution in [1.82, 2.24) is 10.6 Å². The van der Waals surface area contributed by atoms with Crippen LogP contribution in [0, 0.1) is 23.3 Å². The first-order chi connectivity index (χ1) is 19.7. The third-order valence-electron chi connectivity index (χ3n) is 7.79. The Labute approximate surface area is 241 Å². The van der Waals surface area contributed by atoms with E-state index in [4.69, 9.17) is 0 Å². The van der Waals surface area contributed by atoms with E-state index in [1.807, 2.05) is 0 Å². The van der Waals surface area contributed by atoms with Gasteiger partial charge < -0.3 is 0 Å². The first kappa shape index (κ1) is 30.7. The zero-order chi connectivity index (χ0) is 29.6. The Balaban J connectivity index is 1.94. The topological polar surface area (TPSA) is 58.2 Å². The van der Waals surface area contributed by atoms with Crippen LogP contribution in [0.25, 0.3) is 0 Å². The van der Waals surface area contributed by atoms with E-state index >= 15 is 17.6 Å². The molecule has 0 spiro atoms. The van der Waals surface area contributed by atoms with Crippen LogP contribution >= 0.6 is 0 Å². The molecule has 0 aromatic heterocycles. The molecule has 2 N–H and O–H groups in total. The predicted octanol–water partition coefficient (Wildman–Crippen LogP) is 5.31. The molecule has 0 fully saturated rings. The van der Waals surface area contributed by atoms with Gasteiger partial charge in [0.25, 0.3) is 0 Å². The van der Waals surface area contributed by atoms with Crippen molar-refractivity contribution in [2.24, 2.45) is 0 Å². The Hall–Kier alpha value is -3.23. The van der Waals surface area contributed by atoms with Gasteiger partial charge in [-0.05, 0) is 0 Å². The molecular formula is C32H34F4N2O2Ti. The third kappa shape index (κ3) is 6.19. The molecule has 2 amide bonds. The number of benzene rings is 2. The Morgan fingerprint density at radius 1 is 0.659 bits per heavy atom. The molecule has 9 heteroatoms. The van der Waals surface area contributed by atoms with Crippen molar-refractivity contribution >= 4 is 19.6 Å². The molecule has 0 aliphatic heterocycles. The molecule has 0 atom stereocenters. The molecule has 2 aliphatic rings. The second kappa shape index (κ2) is 13.6. The van der Waals surface area contributed by atoms with Crippen molar-refractivity contribution in [3.63, 3.8) is 0 Å². The summed E-state index contributed by atoms with van der Waals surface area (Å²) in [5.41, 5.74) is 0.341. The van der Waals surface area contributed by atoms with Gasteiger partial charge in [-0.15, -0.1) is 0 Å². The van der Waals surface area contributed by atoms with E-state index < -0.39 is 48.3 Å². The van der Waals surface area contributed by atoms with Gasteiger partial charge in [0, 0.05) is 0 Å². The summed E-state index contributed by atoms with van der Waals surface area (Å²) in [6.45, 7) is 3.69. The average molecular weight is 602 g/mol. The van der Waals surface area contributed by atoms with Gasteiger partial charge in [0.15, 0.2) is 0 Å². The molecule has 0 unspecified atom stereocenters. The second-order valence-electron chi connectivity index (χ2n) is 10.2. The molecule has 0 saturated heterocycles. The molecule has 0 saturated carbocycles. The Morgan fingerprint density at radius 3 is 1.37 bits per heavy atom. The molecule has 2 aliphatic carbocycles. The van der Waals surface area contributed by atoms with Crippen LogP contribution in [-0.4, -0.2) is 24.9 Å². The number of allylic oxidation sites excluding steroid dienone is 8. The molecule has 4 rings (SSSR count). The number of halogens is 4. The molecule has 2 aromatic rings. The minimum atomic E-state index is -4.86. The van der Waals surface area contributed by atoms with Gasteiger partial charge in [-0.1, -0.05) is 0 Å². The summed E-state index contributed by atoms with van der Waals surface area (Å²) in [5.74, 6) is -3.72. The fraction of sp³-hybridized carbons (Fsp3) is 0.312. The Morgan fingerprint density at radius 2 is 1.02 bits per heavy atom. The predicted molar refractivity (Wildman–Crippen MR) is 150 cm³/mol. The van der Waals surface area contributed by atoms with Crippen LogP contribution in [0.15, 0.2) is 72.9 Å². The van der Waals surface area contributed by atoms with Gasteiger partial charge in [-0.2, -0.15) is 0 Å². The summed E-state index contributed by atoms with van der Waals surface area (Å²) in [7, 11) is 0. The fourth-order valence-electron chi connectivity index (χ4n) is 5.74. The number of hydrogen-bond acceptors (Lipinski definition) is 2. The van der Waals surface area contributed by atoms with Crippen LogP contribution in [0.5, 0.6) is 0 Å². The molecule has 0 radical (unpaired) electrons. The normalized spacial score (nSPS) is 14.8. The number of nitrogens with one attached hydrogen (secondary N) is 2. The number of amides is 2. The van der Waals surface area contributed by atoms with E-state index in [9.17, 15) is 9.59 Å². The zero-order valence-electron chi connectivity index (χ0n) is 23.2. The maximum absolute atomic E-state index is 16.6. The van der Waals surface area contributed by atoms with E-state index in [1.54, 1.807) is 62.5 Å². The van der Waals surface area contributed by atoms with Crippen molar-refractivity contribution in [2.45, 2.75) is 48.0 Å². The second-order valence-corrected chi connectivity index (χ2v) is 16.5. The monoisotopic (exact) mass is 602 g/mol. The molecule has 216 valence electrons. The van der Waals surface area contributed by atoms with Crippen LogP contribution in [0.4, 0.5) is 17.6 Å². The van der Waals surface area contributed by atoms with Crippen molar-refractivity contribution in [3.05, 3.63) is 107 Å². The summed E-state index contributed by atoms with van der Waals surface area (Å²) in [4.78, 5) is 23.5. The van der Waals surface area contributed by atoms with Gasteiger partial charge >= 0.3 is 242 Å². The molecule has 2 aromatic carbocycles. The third-order valence-corrected chi connectivity index (χ3v) is 16.3. The molecule has 41 heavy (non-hydrogen) atoms. The first-order valence-electron chi connectivity index (χ1n) is 13.9. The van der Waals surface area contributed by atoms with Crippen molar-refractivity contribution < 1.29 is 43.7 Å². The van der Waals surface area contributed by atoms with Gasteiger partial charge in [0.2, 0.25) is 0 Å². The van der Waals surface area contributed by atoms with E-state index in [0.717, 1.165) is 0 Å². The average Bonchev–Trinajstić information content (AvgIpc) is 3.70. The minimum absolute atomic E-state index is 0.0952. The van der Waals surface area contributed by atoms with Crippen LogP contribution in [-0.2, 0) is 39.0 Å². The standard InChI is InChI=1S/2C11H12F2NO.2C5H5.Ti/c2*1-2-11(15)14-6-5-8-3-4-9(12)7-10(8)13;2*1-2-4-5-3-1;/h2*3-4H,2,5-6H2,1H3,(H,14,15);2*1-5H;. The number of rotatable bonds is 12. The first-order valence-corrected chi connectivity index (χ1v) is 17.3. The van der Waals surface area contributed by atoms with E-state index in [-0.39, 0.29) is 69.5 Å². The van der Waals surface area contributed by atoms with Crippen molar-refractivity contribution in [2.75, 3.05) is 13.1 Å². The summed E-state index contributed by atoms with van der Waals surface area (Å²) in [6.07, 6.45) is 14.8. The maximum atomic E-state index is 16.6. The Bertz CT molecular complexity index is 1300. The summed E-state index contributed by atoms with van der Waals surface area (Å²) in [5, 5.41) is 5.40. The van der Waals surface area contributed by atoms with Crippen LogP contribution < -0.4 is 18.4 Å². The van der Waals surface area contributed by atoms with E-state index in [1.165, 1.54) is 24.3 Å². The van der Waals surface area contributed by atoms with Gasteiger partial charge in [-0.25, -0.2) is 0 Å². The van der Waals surface area contributed by atoms with Gasteiger partial charge in [0.1, 0.15) is 0 Å². The summed E-state index contributed by atoms with van der Waals surface area (Å²) in [6, 6.07) is 5.00. The van der Waals surface area contributed by atoms with Crippen LogP contribution in [0.2, 0.25) is 8.45 Å². The molecule has 4 nitrogen and oxygen atoms in total. The number of hydrogen-bond donors (Lipinski definition) is 2. The summed E-state index contributed by atoms with van der Waals surface area (Å²) >= 11 is -4.86. The van der Waals surface area contributed by atoms with Gasteiger partial charge in [0.05, 0.1) is 0 Å². The molecule has 0 heterocycles. The summed E-state index contributed by atoms with van der Waals surface area (Å²) < 4.78 is 63.7. The van der Waals surface area contributed by atoms with E-state index in [0.29, 0.717) is 0 Å². The SMILES string of the molecule is CCC(=O)NCCc1ccc(F)[c]([Ti]([c]2c(F)ccc(CCNC(=O)CC)c2F)([CH]2C=CC=C2)[CH]2C=CC=C2)c1F. The van der Waals surface area contributed by atoms with Crippen LogP contribution in [0.1, 0.15) is 37.8 Å². The molecular weight excluding hydrogens is 568 g/mol. The zero-order valence-corrected chi connectivity index (χ0v) is 24.7. The fourth-order valence-corrected chi connectivity index (χ4v) is 14.6. The van der Waals surface area contributed by atoms with Crippen molar-refractivity contribution in [1.29, 1.82) is 0 Å². The quantitative estimate of drug-likeness (QED) is 0.256. The number of carbonyl (C=O) groups is 2. The van der Waals surface area contributed by atoms with Crippen LogP contribution in [0.3, 0.4) is 0 Å². The van der Waals surface area contributed by atoms with Crippen molar-refractivity contribution in [3.8, 4) is 0 Å².